The predicted octanol–water partition coefficient (Wildman–Crippen LogP) is 1.42. The Bertz CT molecular complexity index is 231. The zero-order valence-corrected chi connectivity index (χ0v) is 10.7. The molecule has 0 fully saturated rings. The van der Waals surface area contributed by atoms with E-state index < -0.39 is 12.6 Å². The van der Waals surface area contributed by atoms with Crippen LogP contribution in [0.4, 0.5) is 0 Å². The van der Waals surface area contributed by atoms with Gasteiger partial charge in [-0.15, -0.1) is 0 Å². The van der Waals surface area contributed by atoms with Crippen molar-refractivity contribution in [1.82, 2.24) is 5.32 Å². The smallest absolute Gasteiger partial charge is 0.329 e. The summed E-state index contributed by atoms with van der Waals surface area (Å²) >= 11 is 0. The molecule has 0 aromatic heterocycles. The van der Waals surface area contributed by atoms with E-state index >= 15 is 0 Å². The number of unbranched alkanes of at least 4 members (excludes halogenated alkanes) is 1. The maximum atomic E-state index is 11.3. The summed E-state index contributed by atoms with van der Waals surface area (Å²) in [5.41, 5.74) is 0. The van der Waals surface area contributed by atoms with Crippen molar-refractivity contribution in [3.8, 4) is 0 Å². The Hall–Kier alpha value is -1.10. The Morgan fingerprint density at radius 3 is 2.53 bits per heavy atom. The third-order valence-electron chi connectivity index (χ3n) is 2.59. The van der Waals surface area contributed by atoms with Crippen molar-refractivity contribution in [3.05, 3.63) is 0 Å². The Morgan fingerprint density at radius 1 is 1.29 bits per heavy atom. The first-order valence-electron chi connectivity index (χ1n) is 6.16. The average Bonchev–Trinajstić information content (AvgIpc) is 2.29. The molecule has 1 atom stereocenters. The van der Waals surface area contributed by atoms with Gasteiger partial charge < -0.3 is 15.2 Å². The number of aliphatic carboxylic acids is 1. The fourth-order valence-corrected chi connectivity index (χ4v) is 1.48. The number of ether oxygens (including phenoxy) is 1. The Balaban J connectivity index is 3.62. The second-order valence-corrected chi connectivity index (χ2v) is 4.11. The molecule has 17 heavy (non-hydrogen) atoms. The number of amides is 1. The Morgan fingerprint density at radius 2 is 2.00 bits per heavy atom. The number of nitrogens with one attached hydrogen (secondary N) is 1. The Labute approximate surface area is 103 Å². The van der Waals surface area contributed by atoms with Gasteiger partial charge in [0.25, 0.3) is 0 Å². The summed E-state index contributed by atoms with van der Waals surface area (Å²) in [5, 5.41) is 11.1. The monoisotopic (exact) mass is 245 g/mol. The first-order valence-corrected chi connectivity index (χ1v) is 6.16. The van der Waals surface area contributed by atoms with Crippen molar-refractivity contribution >= 4 is 11.9 Å². The molecule has 5 nitrogen and oxygen atoms in total. The molecule has 0 rings (SSSR count). The zero-order valence-electron chi connectivity index (χ0n) is 10.7. The van der Waals surface area contributed by atoms with Gasteiger partial charge >= 0.3 is 5.97 Å². The van der Waals surface area contributed by atoms with Gasteiger partial charge in [0.1, 0.15) is 13.2 Å². The molecule has 0 bridgehead atoms. The molecular weight excluding hydrogens is 222 g/mol. The molecule has 0 aromatic carbocycles. The zero-order chi connectivity index (χ0) is 13.1. The van der Waals surface area contributed by atoms with Crippen LogP contribution in [0.5, 0.6) is 0 Å². The fourth-order valence-electron chi connectivity index (χ4n) is 1.48. The van der Waals surface area contributed by atoms with Crippen molar-refractivity contribution < 1.29 is 19.4 Å². The molecule has 0 aliphatic carbocycles. The van der Waals surface area contributed by atoms with Gasteiger partial charge in [0.15, 0.2) is 0 Å². The Kier molecular flexibility index (Phi) is 9.43. The summed E-state index contributed by atoms with van der Waals surface area (Å²) in [6.45, 7) is 4.28. The molecule has 0 heterocycles. The highest BCUT2D eigenvalue weighted by atomic mass is 16.5. The van der Waals surface area contributed by atoms with Crippen LogP contribution in [0.3, 0.4) is 0 Å². The lowest BCUT2D eigenvalue weighted by Gasteiger charge is -2.15. The topological polar surface area (TPSA) is 75.6 Å². The van der Waals surface area contributed by atoms with E-state index in [2.05, 4.69) is 19.2 Å². The highest BCUT2D eigenvalue weighted by Gasteiger charge is 2.08. The summed E-state index contributed by atoms with van der Waals surface area (Å²) in [4.78, 5) is 21.4. The largest absolute Gasteiger partial charge is 0.480 e. The predicted molar refractivity (Wildman–Crippen MR) is 64.8 cm³/mol. The van der Waals surface area contributed by atoms with Crippen LogP contribution in [-0.2, 0) is 14.3 Å². The third-order valence-corrected chi connectivity index (χ3v) is 2.59. The van der Waals surface area contributed by atoms with Gasteiger partial charge in [-0.05, 0) is 12.3 Å². The minimum atomic E-state index is -1.06. The third kappa shape index (κ3) is 9.81. The van der Waals surface area contributed by atoms with Crippen LogP contribution >= 0.6 is 0 Å². The molecule has 5 heteroatoms. The molecule has 0 saturated heterocycles. The van der Waals surface area contributed by atoms with Gasteiger partial charge in [0, 0.05) is 6.54 Å². The van der Waals surface area contributed by atoms with Gasteiger partial charge in [-0.1, -0.05) is 33.1 Å². The van der Waals surface area contributed by atoms with Crippen molar-refractivity contribution in [1.29, 1.82) is 0 Å². The van der Waals surface area contributed by atoms with Crippen LogP contribution in [-0.4, -0.2) is 36.7 Å². The second-order valence-electron chi connectivity index (χ2n) is 4.11. The molecular formula is C12H23NO4. The SMILES string of the molecule is CCCC[C@H](CC)CNC(=O)COCC(=O)O. The standard InChI is InChI=1S/C12H23NO4/c1-3-5-6-10(4-2)7-13-11(14)8-17-9-12(15)16/h10H,3-9H2,1-2H3,(H,13,14)(H,15,16)/t10-/m0/s1. The summed E-state index contributed by atoms with van der Waals surface area (Å²) in [7, 11) is 0. The molecule has 2 N–H and O–H groups in total. The molecule has 100 valence electrons. The summed E-state index contributed by atoms with van der Waals surface area (Å²) < 4.78 is 4.69. The number of hydrogen-bond donors (Lipinski definition) is 2. The van der Waals surface area contributed by atoms with Gasteiger partial charge in [-0.25, -0.2) is 4.79 Å². The minimum Gasteiger partial charge on any atom is -0.480 e. The normalized spacial score (nSPS) is 12.1. The van der Waals surface area contributed by atoms with Gasteiger partial charge in [0.2, 0.25) is 5.91 Å². The maximum Gasteiger partial charge on any atom is 0.329 e. The van der Waals surface area contributed by atoms with E-state index in [9.17, 15) is 9.59 Å². The van der Waals surface area contributed by atoms with E-state index in [0.29, 0.717) is 12.5 Å². The summed E-state index contributed by atoms with van der Waals surface area (Å²) in [6, 6.07) is 0. The molecule has 0 unspecified atom stereocenters. The lowest BCUT2D eigenvalue weighted by atomic mass is 9.99. The molecule has 0 radical (unpaired) electrons. The minimum absolute atomic E-state index is 0.184. The van der Waals surface area contributed by atoms with E-state index in [1.54, 1.807) is 0 Å². The molecule has 0 spiro atoms. The number of rotatable bonds is 10. The van der Waals surface area contributed by atoms with Crippen LogP contribution < -0.4 is 5.32 Å². The maximum absolute atomic E-state index is 11.3. The van der Waals surface area contributed by atoms with Crippen molar-refractivity contribution in [2.75, 3.05) is 19.8 Å². The first-order chi connectivity index (χ1) is 8.10. The van der Waals surface area contributed by atoms with Gasteiger partial charge in [-0.3, -0.25) is 4.79 Å². The van der Waals surface area contributed by atoms with Gasteiger partial charge in [0.05, 0.1) is 0 Å². The highest BCUT2D eigenvalue weighted by Crippen LogP contribution is 2.10. The van der Waals surface area contributed by atoms with Crippen LogP contribution in [0.15, 0.2) is 0 Å². The number of carboxylic acids is 1. The van der Waals surface area contributed by atoms with Gasteiger partial charge in [-0.2, -0.15) is 0 Å². The molecule has 0 aromatic rings. The van der Waals surface area contributed by atoms with Crippen molar-refractivity contribution in [2.45, 2.75) is 39.5 Å². The quantitative estimate of drug-likeness (QED) is 0.610. The van der Waals surface area contributed by atoms with E-state index in [-0.39, 0.29) is 12.5 Å². The van der Waals surface area contributed by atoms with E-state index in [1.807, 2.05) is 0 Å². The van der Waals surface area contributed by atoms with Crippen molar-refractivity contribution in [2.24, 2.45) is 5.92 Å². The lowest BCUT2D eigenvalue weighted by Crippen LogP contribution is -2.32. The van der Waals surface area contributed by atoms with E-state index in [1.165, 1.54) is 6.42 Å². The molecule has 0 aliphatic heterocycles. The number of carbonyl (C=O) groups is 2. The first kappa shape index (κ1) is 15.9. The second kappa shape index (κ2) is 10.1. The van der Waals surface area contributed by atoms with Crippen LogP contribution in [0.25, 0.3) is 0 Å². The summed E-state index contributed by atoms with van der Waals surface area (Å²) in [5.74, 6) is -0.813. The molecule has 0 saturated carbocycles. The highest BCUT2D eigenvalue weighted by molar-refractivity contribution is 5.77. The number of carboxylic acid groups (broad SMARTS) is 1. The molecule has 1 amide bonds. The van der Waals surface area contributed by atoms with Crippen LogP contribution in [0.2, 0.25) is 0 Å². The fraction of sp³-hybridized carbons (Fsp3) is 0.833. The van der Waals surface area contributed by atoms with Crippen LogP contribution in [0, 0.1) is 5.92 Å². The number of hydrogen-bond acceptors (Lipinski definition) is 3. The van der Waals surface area contributed by atoms with Crippen molar-refractivity contribution in [3.63, 3.8) is 0 Å². The average molecular weight is 245 g/mol. The summed E-state index contributed by atoms with van der Waals surface area (Å²) in [6.07, 6.45) is 4.48. The van der Waals surface area contributed by atoms with E-state index in [4.69, 9.17) is 9.84 Å². The number of carbonyl (C=O) groups excluding carboxylic acids is 1. The lowest BCUT2D eigenvalue weighted by molar-refractivity contribution is -0.143. The van der Waals surface area contributed by atoms with E-state index in [0.717, 1.165) is 19.3 Å². The van der Waals surface area contributed by atoms with Crippen LogP contribution in [0.1, 0.15) is 39.5 Å². The molecule has 0 aliphatic rings.